The third kappa shape index (κ3) is 2.20. The van der Waals surface area contributed by atoms with E-state index in [1.54, 1.807) is 10.9 Å². The summed E-state index contributed by atoms with van der Waals surface area (Å²) in [4.78, 5) is 0. The Balaban J connectivity index is 2.64. The second-order valence-corrected chi connectivity index (χ2v) is 3.08. The van der Waals surface area contributed by atoms with E-state index in [1.165, 1.54) is 0 Å². The molecule has 0 aliphatic carbocycles. The van der Waals surface area contributed by atoms with Crippen LogP contribution in [0.1, 0.15) is 5.69 Å². The summed E-state index contributed by atoms with van der Waals surface area (Å²) in [7, 11) is 0. The number of halogens is 1. The maximum Gasteiger partial charge on any atom is 0.0857 e. The van der Waals surface area contributed by atoms with Crippen molar-refractivity contribution >= 4 is 11.6 Å². The van der Waals surface area contributed by atoms with Gasteiger partial charge in [-0.2, -0.15) is 5.10 Å². The van der Waals surface area contributed by atoms with Crippen LogP contribution in [0.5, 0.6) is 0 Å². The van der Waals surface area contributed by atoms with E-state index in [-0.39, 0.29) is 6.54 Å². The summed E-state index contributed by atoms with van der Waals surface area (Å²) in [5.74, 6) is 0. The van der Waals surface area contributed by atoms with E-state index >= 15 is 0 Å². The van der Waals surface area contributed by atoms with Crippen LogP contribution in [-0.4, -0.2) is 27.5 Å². The van der Waals surface area contributed by atoms with Gasteiger partial charge in [0.15, 0.2) is 0 Å². The Morgan fingerprint density at radius 1 is 1.83 bits per heavy atom. The van der Waals surface area contributed by atoms with Crippen LogP contribution in [0.15, 0.2) is 6.20 Å². The first kappa shape index (κ1) is 9.51. The van der Waals surface area contributed by atoms with Gasteiger partial charge in [-0.3, -0.25) is 4.68 Å². The van der Waals surface area contributed by atoms with Crippen LogP contribution in [-0.2, 0) is 6.54 Å². The van der Waals surface area contributed by atoms with Gasteiger partial charge in [0.05, 0.1) is 23.4 Å². The summed E-state index contributed by atoms with van der Waals surface area (Å²) in [5.41, 5.74) is 6.01. The molecule has 68 valence electrons. The van der Waals surface area contributed by atoms with E-state index in [4.69, 9.17) is 17.3 Å². The van der Waals surface area contributed by atoms with Crippen molar-refractivity contribution in [3.05, 3.63) is 16.9 Å². The number of rotatable bonds is 3. The van der Waals surface area contributed by atoms with E-state index < -0.39 is 6.10 Å². The molecule has 4 nitrogen and oxygen atoms in total. The highest BCUT2D eigenvalue weighted by molar-refractivity contribution is 6.31. The molecule has 0 bridgehead atoms. The van der Waals surface area contributed by atoms with Crippen LogP contribution < -0.4 is 5.73 Å². The second kappa shape index (κ2) is 3.89. The average molecular weight is 190 g/mol. The van der Waals surface area contributed by atoms with Gasteiger partial charge in [0.1, 0.15) is 0 Å². The Kier molecular flexibility index (Phi) is 3.08. The van der Waals surface area contributed by atoms with Gasteiger partial charge >= 0.3 is 0 Å². The van der Waals surface area contributed by atoms with Gasteiger partial charge < -0.3 is 10.8 Å². The van der Waals surface area contributed by atoms with E-state index in [0.717, 1.165) is 5.69 Å². The monoisotopic (exact) mass is 189 g/mol. The van der Waals surface area contributed by atoms with E-state index in [0.29, 0.717) is 11.6 Å². The lowest BCUT2D eigenvalue weighted by atomic mass is 10.4. The molecule has 0 amide bonds. The van der Waals surface area contributed by atoms with E-state index in [2.05, 4.69) is 5.10 Å². The van der Waals surface area contributed by atoms with Gasteiger partial charge in [0, 0.05) is 12.7 Å². The average Bonchev–Trinajstić information content (AvgIpc) is 2.31. The molecule has 5 heteroatoms. The molecular weight excluding hydrogens is 178 g/mol. The number of aryl methyl sites for hydroxylation is 1. The largest absolute Gasteiger partial charge is 0.390 e. The Bertz CT molecular complexity index is 242. The van der Waals surface area contributed by atoms with Gasteiger partial charge in [-0.25, -0.2) is 0 Å². The maximum atomic E-state index is 9.18. The molecule has 0 saturated carbocycles. The van der Waals surface area contributed by atoms with Crippen molar-refractivity contribution in [2.24, 2.45) is 5.73 Å². The van der Waals surface area contributed by atoms with Crippen LogP contribution >= 0.6 is 11.6 Å². The third-order valence-electron chi connectivity index (χ3n) is 1.56. The normalized spacial score (nSPS) is 13.3. The summed E-state index contributed by atoms with van der Waals surface area (Å²) >= 11 is 5.76. The standard InChI is InChI=1S/C7H12ClN3O/c1-5-7(8)4-11(10-5)3-6(12)2-9/h4,6,12H,2-3,9H2,1H3. The molecule has 0 fully saturated rings. The fraction of sp³-hybridized carbons (Fsp3) is 0.571. The summed E-state index contributed by atoms with van der Waals surface area (Å²) in [5, 5.41) is 13.9. The summed E-state index contributed by atoms with van der Waals surface area (Å²) in [6.45, 7) is 2.44. The molecule has 1 unspecified atom stereocenters. The number of nitrogens with zero attached hydrogens (tertiary/aromatic N) is 2. The van der Waals surface area contributed by atoms with Crippen molar-refractivity contribution in [3.63, 3.8) is 0 Å². The fourth-order valence-corrected chi connectivity index (χ4v) is 1.03. The molecule has 0 saturated heterocycles. The third-order valence-corrected chi connectivity index (χ3v) is 1.93. The summed E-state index contributed by atoms with van der Waals surface area (Å²) in [6, 6.07) is 0. The van der Waals surface area contributed by atoms with Crippen LogP contribution in [0.2, 0.25) is 5.02 Å². The predicted molar refractivity (Wildman–Crippen MR) is 47.0 cm³/mol. The summed E-state index contributed by atoms with van der Waals surface area (Å²) in [6.07, 6.45) is 1.12. The lowest BCUT2D eigenvalue weighted by Gasteiger charge is -2.06. The molecule has 12 heavy (non-hydrogen) atoms. The minimum Gasteiger partial charge on any atom is -0.390 e. The van der Waals surface area contributed by atoms with Crippen LogP contribution in [0.4, 0.5) is 0 Å². The molecule has 3 N–H and O–H groups in total. The molecule has 1 atom stereocenters. The van der Waals surface area contributed by atoms with Crippen LogP contribution in [0.25, 0.3) is 0 Å². The SMILES string of the molecule is Cc1nn(CC(O)CN)cc1Cl. The van der Waals surface area contributed by atoms with Crippen molar-refractivity contribution in [2.75, 3.05) is 6.54 Å². The van der Waals surface area contributed by atoms with Gasteiger partial charge in [-0.05, 0) is 6.92 Å². The minimum absolute atomic E-state index is 0.233. The molecular formula is C7H12ClN3O. The summed E-state index contributed by atoms with van der Waals surface area (Å²) < 4.78 is 1.59. The number of aliphatic hydroxyl groups is 1. The second-order valence-electron chi connectivity index (χ2n) is 2.67. The Labute approximate surface area is 75.9 Å². The van der Waals surface area contributed by atoms with Crippen molar-refractivity contribution in [2.45, 2.75) is 19.6 Å². The Morgan fingerprint density at radius 3 is 2.92 bits per heavy atom. The number of hydrogen-bond acceptors (Lipinski definition) is 3. The first-order valence-electron chi connectivity index (χ1n) is 3.71. The van der Waals surface area contributed by atoms with Crippen molar-refractivity contribution in [1.82, 2.24) is 9.78 Å². The van der Waals surface area contributed by atoms with Crippen molar-refractivity contribution < 1.29 is 5.11 Å². The van der Waals surface area contributed by atoms with E-state index in [1.807, 2.05) is 6.92 Å². The maximum absolute atomic E-state index is 9.18. The molecule has 1 aromatic rings. The molecule has 0 radical (unpaired) electrons. The molecule has 0 aliphatic rings. The number of hydrogen-bond donors (Lipinski definition) is 2. The van der Waals surface area contributed by atoms with Crippen molar-refractivity contribution in [3.8, 4) is 0 Å². The van der Waals surface area contributed by atoms with Gasteiger partial charge in [-0.1, -0.05) is 11.6 Å². The minimum atomic E-state index is -0.555. The Hall–Kier alpha value is -0.580. The predicted octanol–water partition coefficient (Wildman–Crippen LogP) is 0.165. The van der Waals surface area contributed by atoms with Gasteiger partial charge in [0.2, 0.25) is 0 Å². The molecule has 0 spiro atoms. The smallest absolute Gasteiger partial charge is 0.0857 e. The van der Waals surface area contributed by atoms with E-state index in [9.17, 15) is 5.11 Å². The lowest BCUT2D eigenvalue weighted by molar-refractivity contribution is 0.157. The van der Waals surface area contributed by atoms with Crippen molar-refractivity contribution in [1.29, 1.82) is 0 Å². The first-order chi connectivity index (χ1) is 5.63. The lowest BCUT2D eigenvalue weighted by Crippen LogP contribution is -2.25. The highest BCUT2D eigenvalue weighted by Crippen LogP contribution is 2.11. The fourth-order valence-electron chi connectivity index (χ4n) is 0.878. The first-order valence-corrected chi connectivity index (χ1v) is 4.09. The van der Waals surface area contributed by atoms with Gasteiger partial charge in [0.25, 0.3) is 0 Å². The molecule has 1 heterocycles. The number of nitrogens with two attached hydrogens (primary N) is 1. The molecule has 0 aliphatic heterocycles. The quantitative estimate of drug-likeness (QED) is 0.712. The number of aliphatic hydroxyl groups excluding tert-OH is 1. The topological polar surface area (TPSA) is 64.1 Å². The highest BCUT2D eigenvalue weighted by atomic mass is 35.5. The molecule has 1 rings (SSSR count). The van der Waals surface area contributed by atoms with Gasteiger partial charge in [-0.15, -0.1) is 0 Å². The highest BCUT2D eigenvalue weighted by Gasteiger charge is 2.05. The zero-order chi connectivity index (χ0) is 9.14. The zero-order valence-corrected chi connectivity index (χ0v) is 7.62. The van der Waals surface area contributed by atoms with Crippen LogP contribution in [0.3, 0.4) is 0 Å². The Morgan fingerprint density at radius 2 is 2.50 bits per heavy atom. The molecule has 1 aromatic heterocycles. The van der Waals surface area contributed by atoms with Crippen LogP contribution in [0, 0.1) is 6.92 Å². The zero-order valence-electron chi connectivity index (χ0n) is 6.87. The number of aromatic nitrogens is 2. The molecule has 0 aromatic carbocycles.